The van der Waals surface area contributed by atoms with Crippen LogP contribution in [0.1, 0.15) is 21.5 Å². The van der Waals surface area contributed by atoms with Crippen LogP contribution >= 0.6 is 11.6 Å². The normalized spacial score (nSPS) is 10.5. The highest BCUT2D eigenvalue weighted by Crippen LogP contribution is 2.12. The van der Waals surface area contributed by atoms with Gasteiger partial charge in [0.15, 0.2) is 0 Å². The molecule has 2 rings (SSSR count). The summed E-state index contributed by atoms with van der Waals surface area (Å²) in [5.41, 5.74) is 1.45. The van der Waals surface area contributed by atoms with Gasteiger partial charge in [-0.15, -0.1) is 0 Å². The molecular weight excluding hydrogens is 281 g/mol. The van der Waals surface area contributed by atoms with Gasteiger partial charge in [-0.05, 0) is 35.4 Å². The molecule has 2 aromatic carbocycles. The van der Waals surface area contributed by atoms with Crippen molar-refractivity contribution in [3.05, 3.63) is 70.0 Å². The Bertz CT molecular complexity index is 614. The fourth-order valence-electron chi connectivity index (χ4n) is 1.80. The lowest BCUT2D eigenvalue weighted by Crippen LogP contribution is -2.13. The lowest BCUT2D eigenvalue weighted by Gasteiger charge is -2.06. The van der Waals surface area contributed by atoms with Gasteiger partial charge in [0.2, 0.25) is 0 Å². The molecule has 104 valence electrons. The first kappa shape index (κ1) is 14.5. The molecular formula is C15H13ClFNO2. The van der Waals surface area contributed by atoms with Gasteiger partial charge in [-0.1, -0.05) is 29.8 Å². The van der Waals surface area contributed by atoms with Crippen molar-refractivity contribution in [3.63, 3.8) is 0 Å². The van der Waals surface area contributed by atoms with E-state index in [1.54, 1.807) is 18.2 Å². The number of hydrogen-bond acceptors (Lipinski definition) is 2. The number of rotatable bonds is 5. The standard InChI is InChI=1S/C15H13ClFNO2/c16-12-4-1-10(2-5-12)8-18-9-11-3-6-13(15(19)20)14(17)7-11/h1-7,18H,8-9H2,(H,19,20). The summed E-state index contributed by atoms with van der Waals surface area (Å²) in [5, 5.41) is 12.6. The molecule has 0 saturated carbocycles. The predicted molar refractivity (Wildman–Crippen MR) is 75.4 cm³/mol. The average molecular weight is 294 g/mol. The minimum Gasteiger partial charge on any atom is -0.478 e. The molecule has 20 heavy (non-hydrogen) atoms. The van der Waals surface area contributed by atoms with Crippen molar-refractivity contribution < 1.29 is 14.3 Å². The smallest absolute Gasteiger partial charge is 0.338 e. The largest absolute Gasteiger partial charge is 0.478 e. The molecule has 0 amide bonds. The molecule has 2 aromatic rings. The molecule has 0 aliphatic carbocycles. The Kier molecular flexibility index (Phi) is 4.71. The van der Waals surface area contributed by atoms with E-state index in [1.807, 2.05) is 12.1 Å². The number of aromatic carboxylic acids is 1. The van der Waals surface area contributed by atoms with Crippen LogP contribution in [0.15, 0.2) is 42.5 Å². The van der Waals surface area contributed by atoms with Crippen molar-refractivity contribution in [1.82, 2.24) is 5.32 Å². The SMILES string of the molecule is O=C(O)c1ccc(CNCc2ccc(Cl)cc2)cc1F. The lowest BCUT2D eigenvalue weighted by atomic mass is 10.1. The maximum absolute atomic E-state index is 13.5. The number of nitrogens with one attached hydrogen (secondary N) is 1. The highest BCUT2D eigenvalue weighted by molar-refractivity contribution is 6.30. The molecule has 3 nitrogen and oxygen atoms in total. The third-order valence-corrected chi connectivity index (χ3v) is 3.09. The topological polar surface area (TPSA) is 49.3 Å². The van der Waals surface area contributed by atoms with Crippen LogP contribution in [-0.4, -0.2) is 11.1 Å². The van der Waals surface area contributed by atoms with Crippen molar-refractivity contribution >= 4 is 17.6 Å². The van der Waals surface area contributed by atoms with Crippen molar-refractivity contribution in [3.8, 4) is 0 Å². The van der Waals surface area contributed by atoms with Gasteiger partial charge in [0.1, 0.15) is 5.82 Å². The molecule has 0 atom stereocenters. The molecule has 0 aliphatic rings. The summed E-state index contributed by atoms with van der Waals surface area (Å²) in [6, 6.07) is 11.5. The molecule has 0 bridgehead atoms. The van der Waals surface area contributed by atoms with Crippen LogP contribution < -0.4 is 5.32 Å². The Morgan fingerprint density at radius 3 is 2.30 bits per heavy atom. The van der Waals surface area contributed by atoms with E-state index in [0.29, 0.717) is 23.7 Å². The summed E-state index contributed by atoms with van der Waals surface area (Å²) in [7, 11) is 0. The quantitative estimate of drug-likeness (QED) is 0.887. The van der Waals surface area contributed by atoms with Crippen LogP contribution in [0.4, 0.5) is 4.39 Å². The molecule has 0 spiro atoms. The van der Waals surface area contributed by atoms with Crippen molar-refractivity contribution in [2.75, 3.05) is 0 Å². The number of carboxylic acid groups (broad SMARTS) is 1. The maximum atomic E-state index is 13.5. The fraction of sp³-hybridized carbons (Fsp3) is 0.133. The van der Waals surface area contributed by atoms with E-state index in [4.69, 9.17) is 16.7 Å². The van der Waals surface area contributed by atoms with Crippen LogP contribution in [0.25, 0.3) is 0 Å². The Morgan fingerprint density at radius 2 is 1.70 bits per heavy atom. The number of benzene rings is 2. The Morgan fingerprint density at radius 1 is 1.10 bits per heavy atom. The predicted octanol–water partition coefficient (Wildman–Crippen LogP) is 3.47. The maximum Gasteiger partial charge on any atom is 0.338 e. The number of halogens is 2. The Hall–Kier alpha value is -1.91. The first-order valence-electron chi connectivity index (χ1n) is 6.03. The third kappa shape index (κ3) is 3.79. The Labute approximate surface area is 121 Å². The molecule has 0 aliphatic heterocycles. The molecule has 0 aromatic heterocycles. The average Bonchev–Trinajstić information content (AvgIpc) is 2.41. The number of carbonyl (C=O) groups is 1. The minimum absolute atomic E-state index is 0.313. The van der Waals surface area contributed by atoms with E-state index in [1.165, 1.54) is 12.1 Å². The second kappa shape index (κ2) is 6.50. The third-order valence-electron chi connectivity index (χ3n) is 2.84. The summed E-state index contributed by atoms with van der Waals surface area (Å²) in [4.78, 5) is 10.7. The fourth-order valence-corrected chi connectivity index (χ4v) is 1.92. The highest BCUT2D eigenvalue weighted by Gasteiger charge is 2.09. The van der Waals surface area contributed by atoms with Crippen molar-refractivity contribution in [2.45, 2.75) is 13.1 Å². The summed E-state index contributed by atoms with van der Waals surface area (Å²) < 4.78 is 13.5. The first-order chi connectivity index (χ1) is 9.56. The van der Waals surface area contributed by atoms with Gasteiger partial charge in [-0.3, -0.25) is 0 Å². The van der Waals surface area contributed by atoms with E-state index in [0.717, 1.165) is 5.56 Å². The van der Waals surface area contributed by atoms with Gasteiger partial charge in [0, 0.05) is 18.1 Å². The zero-order valence-electron chi connectivity index (χ0n) is 10.6. The number of hydrogen-bond donors (Lipinski definition) is 2. The van der Waals surface area contributed by atoms with Crippen molar-refractivity contribution in [1.29, 1.82) is 0 Å². The van der Waals surface area contributed by atoms with E-state index in [-0.39, 0.29) is 5.56 Å². The highest BCUT2D eigenvalue weighted by atomic mass is 35.5. The van der Waals surface area contributed by atoms with Gasteiger partial charge in [0.25, 0.3) is 0 Å². The van der Waals surface area contributed by atoms with Crippen LogP contribution in [0, 0.1) is 5.82 Å². The van der Waals surface area contributed by atoms with E-state index < -0.39 is 11.8 Å². The van der Waals surface area contributed by atoms with Crippen LogP contribution in [0.3, 0.4) is 0 Å². The van der Waals surface area contributed by atoms with E-state index in [2.05, 4.69) is 5.32 Å². The summed E-state index contributed by atoms with van der Waals surface area (Å²) in [6.45, 7) is 1.08. The van der Waals surface area contributed by atoms with Gasteiger partial charge < -0.3 is 10.4 Å². The summed E-state index contributed by atoms with van der Waals surface area (Å²) >= 11 is 5.79. The number of carboxylic acids is 1. The summed E-state index contributed by atoms with van der Waals surface area (Å²) in [5.74, 6) is -1.98. The minimum atomic E-state index is -1.26. The van der Waals surface area contributed by atoms with Crippen LogP contribution in [0.5, 0.6) is 0 Å². The molecule has 0 radical (unpaired) electrons. The van der Waals surface area contributed by atoms with Gasteiger partial charge in [0.05, 0.1) is 5.56 Å². The zero-order chi connectivity index (χ0) is 14.5. The molecule has 5 heteroatoms. The van der Waals surface area contributed by atoms with Crippen LogP contribution in [0.2, 0.25) is 5.02 Å². The molecule has 0 saturated heterocycles. The monoisotopic (exact) mass is 293 g/mol. The van der Waals surface area contributed by atoms with Gasteiger partial charge >= 0.3 is 5.97 Å². The molecule has 0 fully saturated rings. The van der Waals surface area contributed by atoms with Crippen LogP contribution in [-0.2, 0) is 13.1 Å². The molecule has 0 heterocycles. The molecule has 2 N–H and O–H groups in total. The van der Waals surface area contributed by atoms with E-state index in [9.17, 15) is 9.18 Å². The Balaban J connectivity index is 1.92. The molecule has 0 unspecified atom stereocenters. The van der Waals surface area contributed by atoms with Crippen molar-refractivity contribution in [2.24, 2.45) is 0 Å². The lowest BCUT2D eigenvalue weighted by molar-refractivity contribution is 0.0692. The van der Waals surface area contributed by atoms with Gasteiger partial charge in [-0.2, -0.15) is 0 Å². The second-order valence-corrected chi connectivity index (χ2v) is 4.79. The zero-order valence-corrected chi connectivity index (χ0v) is 11.3. The second-order valence-electron chi connectivity index (χ2n) is 4.35. The summed E-state index contributed by atoms with van der Waals surface area (Å²) in [6.07, 6.45) is 0. The first-order valence-corrected chi connectivity index (χ1v) is 6.41. The van der Waals surface area contributed by atoms with Gasteiger partial charge in [-0.25, -0.2) is 9.18 Å². The van der Waals surface area contributed by atoms with E-state index >= 15 is 0 Å².